The fourth-order valence-electron chi connectivity index (χ4n) is 2.11. The fourth-order valence-corrected chi connectivity index (χ4v) is 2.11. The molecule has 2 unspecified atom stereocenters. The van der Waals surface area contributed by atoms with Gasteiger partial charge in [0.05, 0.1) is 12.7 Å². The molecule has 0 aromatic heterocycles. The second kappa shape index (κ2) is 4.89. The average molecular weight is 199 g/mol. The van der Waals surface area contributed by atoms with E-state index >= 15 is 0 Å². The Labute approximate surface area is 86.4 Å². The summed E-state index contributed by atoms with van der Waals surface area (Å²) in [5, 5.41) is 0. The first-order chi connectivity index (χ1) is 6.52. The molecule has 0 aromatic carbocycles. The summed E-state index contributed by atoms with van der Waals surface area (Å²) in [7, 11) is 0. The number of hydrogen-bond acceptors (Lipinski definition) is 3. The van der Waals surface area contributed by atoms with Crippen LogP contribution in [-0.4, -0.2) is 42.0 Å². The number of carbonyl (C=O) groups is 1. The van der Waals surface area contributed by atoms with Crippen LogP contribution in [0.2, 0.25) is 0 Å². The maximum atomic E-state index is 11.1. The van der Waals surface area contributed by atoms with E-state index in [1.165, 1.54) is 0 Å². The Morgan fingerprint density at radius 1 is 1.57 bits per heavy atom. The lowest BCUT2D eigenvalue weighted by atomic mass is 10.0. The molecule has 82 valence electrons. The summed E-state index contributed by atoms with van der Waals surface area (Å²) in [6, 6.07) is 0.756. The van der Waals surface area contributed by atoms with E-state index in [-0.39, 0.29) is 17.9 Å². The number of ketones is 1. The van der Waals surface area contributed by atoms with Gasteiger partial charge in [-0.2, -0.15) is 0 Å². The smallest absolute Gasteiger partial charge is 0.131 e. The van der Waals surface area contributed by atoms with Crippen LogP contribution >= 0.6 is 0 Å². The van der Waals surface area contributed by atoms with Crippen molar-refractivity contribution in [1.82, 2.24) is 4.90 Å². The SMILES string of the molecule is CC(=O)CC1C(C)OCCN1C(C)C. The monoisotopic (exact) mass is 199 g/mol. The van der Waals surface area contributed by atoms with Crippen molar-refractivity contribution < 1.29 is 9.53 Å². The van der Waals surface area contributed by atoms with Gasteiger partial charge in [-0.1, -0.05) is 0 Å². The summed E-state index contributed by atoms with van der Waals surface area (Å²) < 4.78 is 5.58. The van der Waals surface area contributed by atoms with Gasteiger partial charge in [0, 0.05) is 25.0 Å². The van der Waals surface area contributed by atoms with Crippen LogP contribution in [0, 0.1) is 0 Å². The molecule has 0 saturated carbocycles. The molecule has 2 atom stereocenters. The Balaban J connectivity index is 2.65. The van der Waals surface area contributed by atoms with E-state index in [2.05, 4.69) is 25.7 Å². The van der Waals surface area contributed by atoms with Gasteiger partial charge < -0.3 is 4.74 Å². The number of nitrogens with zero attached hydrogens (tertiary/aromatic N) is 1. The molecule has 0 bridgehead atoms. The summed E-state index contributed by atoms with van der Waals surface area (Å²) in [6.07, 6.45) is 0.786. The van der Waals surface area contributed by atoms with E-state index in [1.807, 2.05) is 0 Å². The zero-order valence-corrected chi connectivity index (χ0v) is 9.62. The first kappa shape index (κ1) is 11.7. The van der Waals surface area contributed by atoms with Crippen molar-refractivity contribution in [2.24, 2.45) is 0 Å². The molecular weight excluding hydrogens is 178 g/mol. The van der Waals surface area contributed by atoms with Gasteiger partial charge in [0.25, 0.3) is 0 Å². The maximum absolute atomic E-state index is 11.1. The first-order valence-electron chi connectivity index (χ1n) is 5.39. The molecule has 0 aliphatic carbocycles. The predicted molar refractivity (Wildman–Crippen MR) is 56.3 cm³/mol. The average Bonchev–Trinajstić information content (AvgIpc) is 2.07. The third kappa shape index (κ3) is 2.79. The number of hydrogen-bond donors (Lipinski definition) is 0. The Morgan fingerprint density at radius 3 is 2.71 bits per heavy atom. The topological polar surface area (TPSA) is 29.5 Å². The zero-order valence-electron chi connectivity index (χ0n) is 9.62. The third-order valence-corrected chi connectivity index (χ3v) is 2.86. The summed E-state index contributed by atoms with van der Waals surface area (Å²) >= 11 is 0. The first-order valence-corrected chi connectivity index (χ1v) is 5.39. The van der Waals surface area contributed by atoms with Crippen LogP contribution in [0.15, 0.2) is 0 Å². The Hall–Kier alpha value is -0.410. The molecule has 0 amide bonds. The Morgan fingerprint density at radius 2 is 2.21 bits per heavy atom. The summed E-state index contributed by atoms with van der Waals surface area (Å²) in [5.74, 6) is 0.248. The molecule has 0 radical (unpaired) electrons. The molecule has 0 spiro atoms. The van der Waals surface area contributed by atoms with E-state index in [0.717, 1.165) is 13.2 Å². The number of rotatable bonds is 3. The Kier molecular flexibility index (Phi) is 4.08. The van der Waals surface area contributed by atoms with E-state index in [1.54, 1.807) is 6.92 Å². The highest BCUT2D eigenvalue weighted by Gasteiger charge is 2.31. The van der Waals surface area contributed by atoms with Crippen molar-refractivity contribution in [2.45, 2.75) is 52.3 Å². The predicted octanol–water partition coefficient (Wildman–Crippen LogP) is 1.46. The molecule has 3 nitrogen and oxygen atoms in total. The van der Waals surface area contributed by atoms with Gasteiger partial charge in [-0.05, 0) is 27.7 Å². The van der Waals surface area contributed by atoms with Gasteiger partial charge in [0.2, 0.25) is 0 Å². The van der Waals surface area contributed by atoms with E-state index in [0.29, 0.717) is 12.5 Å². The standard InChI is InChI=1S/C11H21NO2/c1-8(2)12-5-6-14-10(4)11(12)7-9(3)13/h8,10-11H,5-7H2,1-4H3. The van der Waals surface area contributed by atoms with Crippen molar-refractivity contribution in [2.75, 3.05) is 13.2 Å². The van der Waals surface area contributed by atoms with Crippen LogP contribution in [0.3, 0.4) is 0 Å². The maximum Gasteiger partial charge on any atom is 0.131 e. The van der Waals surface area contributed by atoms with Gasteiger partial charge >= 0.3 is 0 Å². The number of carbonyl (C=O) groups excluding carboxylic acids is 1. The van der Waals surface area contributed by atoms with Crippen LogP contribution < -0.4 is 0 Å². The second-order valence-corrected chi connectivity index (χ2v) is 4.38. The molecule has 1 heterocycles. The minimum Gasteiger partial charge on any atom is -0.376 e. The fraction of sp³-hybridized carbons (Fsp3) is 0.909. The van der Waals surface area contributed by atoms with Crippen molar-refractivity contribution in [3.05, 3.63) is 0 Å². The summed E-state index contributed by atoms with van der Waals surface area (Å²) in [4.78, 5) is 13.5. The molecule has 1 aliphatic rings. The van der Waals surface area contributed by atoms with Gasteiger partial charge in [-0.15, -0.1) is 0 Å². The molecule has 0 aromatic rings. The highest BCUT2D eigenvalue weighted by molar-refractivity contribution is 5.76. The Bertz CT molecular complexity index is 203. The van der Waals surface area contributed by atoms with Gasteiger partial charge in [0.15, 0.2) is 0 Å². The minimum absolute atomic E-state index is 0.176. The van der Waals surface area contributed by atoms with Crippen molar-refractivity contribution in [3.63, 3.8) is 0 Å². The van der Waals surface area contributed by atoms with E-state index in [9.17, 15) is 4.79 Å². The van der Waals surface area contributed by atoms with Crippen LogP contribution in [0.4, 0.5) is 0 Å². The number of ether oxygens (including phenoxy) is 1. The number of morpholine rings is 1. The molecule has 1 fully saturated rings. The van der Waals surface area contributed by atoms with Gasteiger partial charge in [-0.25, -0.2) is 0 Å². The minimum atomic E-state index is 0.176. The molecule has 1 rings (SSSR count). The lowest BCUT2D eigenvalue weighted by Crippen LogP contribution is -2.53. The summed E-state index contributed by atoms with van der Waals surface area (Å²) in [6.45, 7) is 9.78. The number of Topliss-reactive ketones (excluding diaryl/α,β-unsaturated/α-hetero) is 1. The highest BCUT2D eigenvalue weighted by atomic mass is 16.5. The molecule has 3 heteroatoms. The van der Waals surface area contributed by atoms with E-state index in [4.69, 9.17) is 4.74 Å². The lowest BCUT2D eigenvalue weighted by molar-refractivity contribution is -0.124. The van der Waals surface area contributed by atoms with Gasteiger partial charge in [-0.3, -0.25) is 9.69 Å². The second-order valence-electron chi connectivity index (χ2n) is 4.38. The lowest BCUT2D eigenvalue weighted by Gasteiger charge is -2.42. The van der Waals surface area contributed by atoms with Crippen LogP contribution in [0.1, 0.15) is 34.1 Å². The summed E-state index contributed by atoms with van der Waals surface area (Å²) in [5.41, 5.74) is 0. The van der Waals surface area contributed by atoms with Crippen molar-refractivity contribution >= 4 is 5.78 Å². The quantitative estimate of drug-likeness (QED) is 0.689. The van der Waals surface area contributed by atoms with Crippen LogP contribution in [0.25, 0.3) is 0 Å². The van der Waals surface area contributed by atoms with Crippen molar-refractivity contribution in [3.8, 4) is 0 Å². The molecular formula is C11H21NO2. The highest BCUT2D eigenvalue weighted by Crippen LogP contribution is 2.19. The third-order valence-electron chi connectivity index (χ3n) is 2.86. The van der Waals surface area contributed by atoms with Crippen LogP contribution in [-0.2, 0) is 9.53 Å². The normalized spacial score (nSPS) is 29.5. The zero-order chi connectivity index (χ0) is 10.7. The molecule has 1 saturated heterocycles. The molecule has 14 heavy (non-hydrogen) atoms. The molecule has 0 N–H and O–H groups in total. The van der Waals surface area contributed by atoms with Crippen LogP contribution in [0.5, 0.6) is 0 Å². The molecule has 1 aliphatic heterocycles. The van der Waals surface area contributed by atoms with Gasteiger partial charge in [0.1, 0.15) is 5.78 Å². The van der Waals surface area contributed by atoms with E-state index < -0.39 is 0 Å². The van der Waals surface area contributed by atoms with Crippen molar-refractivity contribution in [1.29, 1.82) is 0 Å². The largest absolute Gasteiger partial charge is 0.376 e.